The molecule has 0 radical (unpaired) electrons. The zero-order valence-electron chi connectivity index (χ0n) is 14.3. The molecular weight excluding hydrogens is 303 g/mol. The number of likely N-dealkylation sites (N-methyl/N-ethyl adjacent to an activating group) is 1. The molecule has 1 amide bonds. The number of benzene rings is 1. The summed E-state index contributed by atoms with van der Waals surface area (Å²) in [4.78, 5) is 25.0. The van der Waals surface area contributed by atoms with E-state index in [1.165, 1.54) is 0 Å². The third-order valence-electron chi connectivity index (χ3n) is 6.40. The summed E-state index contributed by atoms with van der Waals surface area (Å²) >= 11 is 0. The van der Waals surface area contributed by atoms with Gasteiger partial charge in [-0.05, 0) is 35.5 Å². The highest BCUT2D eigenvalue weighted by Gasteiger charge is 2.66. The predicted octanol–water partition coefficient (Wildman–Crippen LogP) is 0.395. The number of aldehydes is 1. The minimum Gasteiger partial charge on any atom is -0.394 e. The van der Waals surface area contributed by atoms with E-state index in [1.807, 2.05) is 19.2 Å². The summed E-state index contributed by atoms with van der Waals surface area (Å²) < 4.78 is 0. The van der Waals surface area contributed by atoms with Crippen LogP contribution in [0.15, 0.2) is 36.4 Å². The van der Waals surface area contributed by atoms with Gasteiger partial charge in [-0.1, -0.05) is 19.1 Å². The fourth-order valence-electron chi connectivity index (χ4n) is 4.78. The van der Waals surface area contributed by atoms with Gasteiger partial charge in [0.25, 0.3) is 0 Å². The van der Waals surface area contributed by atoms with E-state index in [9.17, 15) is 14.7 Å². The lowest BCUT2D eigenvalue weighted by molar-refractivity contribution is -0.112. The molecule has 3 N–H and O–H groups in total. The number of primary amides is 1. The quantitative estimate of drug-likeness (QED) is 0.466. The maximum atomic E-state index is 11.7. The summed E-state index contributed by atoms with van der Waals surface area (Å²) in [5.74, 6) is -0.317. The molecule has 0 spiro atoms. The number of fused-ring (bicyclic) bond motifs is 1. The van der Waals surface area contributed by atoms with Crippen LogP contribution in [0.25, 0.3) is 0 Å². The van der Waals surface area contributed by atoms with Crippen LogP contribution in [0.3, 0.4) is 0 Å². The first-order valence-electron chi connectivity index (χ1n) is 8.19. The second-order valence-electron chi connectivity index (χ2n) is 7.42. The Balaban J connectivity index is 2.05. The topological polar surface area (TPSA) is 83.6 Å². The molecule has 0 aliphatic heterocycles. The van der Waals surface area contributed by atoms with Gasteiger partial charge in [-0.15, -0.1) is 0 Å². The van der Waals surface area contributed by atoms with Gasteiger partial charge in [-0.3, -0.25) is 4.79 Å². The Morgan fingerprint density at radius 3 is 2.38 bits per heavy atom. The zero-order chi connectivity index (χ0) is 17.7. The minimum absolute atomic E-state index is 0.0517. The van der Waals surface area contributed by atoms with Gasteiger partial charge in [-0.25, -0.2) is 0 Å². The van der Waals surface area contributed by atoms with Crippen molar-refractivity contribution in [1.82, 2.24) is 0 Å². The van der Waals surface area contributed by atoms with Crippen LogP contribution >= 0.6 is 0 Å². The molecule has 5 nitrogen and oxygen atoms in total. The van der Waals surface area contributed by atoms with E-state index in [0.29, 0.717) is 5.56 Å². The first kappa shape index (κ1) is 16.8. The molecule has 1 aromatic rings. The molecule has 24 heavy (non-hydrogen) atoms. The number of aliphatic hydroxyl groups excluding tert-OH is 1. The largest absolute Gasteiger partial charge is 0.394 e. The van der Waals surface area contributed by atoms with Crippen molar-refractivity contribution in [2.24, 2.45) is 23.5 Å². The third kappa shape index (κ3) is 1.92. The van der Waals surface area contributed by atoms with Crippen molar-refractivity contribution in [2.75, 3.05) is 18.6 Å². The Labute approximate surface area is 142 Å². The first-order valence-corrected chi connectivity index (χ1v) is 8.19. The number of hydrogen-bond acceptors (Lipinski definition) is 4. The van der Waals surface area contributed by atoms with Gasteiger partial charge in [0.1, 0.15) is 14.1 Å². The first-order chi connectivity index (χ1) is 11.3. The Morgan fingerprint density at radius 2 is 2.00 bits per heavy atom. The number of amides is 1. The Kier molecular flexibility index (Phi) is 3.83. The number of allylic oxidation sites excluding steroid dienone is 1. The number of aliphatic hydroxyl groups is 1. The number of carbonyl (C=O) groups excluding carboxylic acids is 2. The summed E-state index contributed by atoms with van der Waals surface area (Å²) in [6.07, 6.45) is 5.20. The van der Waals surface area contributed by atoms with Crippen LogP contribution < -0.4 is 10.6 Å². The zero-order valence-corrected chi connectivity index (χ0v) is 14.3. The van der Waals surface area contributed by atoms with Crippen molar-refractivity contribution in [3.8, 4) is 0 Å². The van der Waals surface area contributed by atoms with Crippen molar-refractivity contribution in [1.29, 1.82) is 0 Å². The monoisotopic (exact) mass is 326 g/mol. The second kappa shape index (κ2) is 5.48. The van der Waals surface area contributed by atoms with Crippen LogP contribution in [0.4, 0.5) is 5.69 Å². The molecule has 3 rings (SSSR count). The molecule has 0 saturated heterocycles. The summed E-state index contributed by atoms with van der Waals surface area (Å²) in [5, 5.41) is 9.99. The van der Waals surface area contributed by atoms with E-state index in [2.05, 4.69) is 31.8 Å². The molecule has 126 valence electrons. The van der Waals surface area contributed by atoms with E-state index in [-0.39, 0.29) is 24.4 Å². The van der Waals surface area contributed by atoms with E-state index < -0.39 is 16.8 Å². The number of anilines is 1. The number of hydrogen-bond donors (Lipinski definition) is 2. The van der Waals surface area contributed by atoms with E-state index in [4.69, 9.17) is 5.73 Å². The van der Waals surface area contributed by atoms with Gasteiger partial charge in [0.2, 0.25) is 5.91 Å². The van der Waals surface area contributed by atoms with Crippen LogP contribution in [-0.2, 0) is 4.79 Å². The lowest BCUT2D eigenvalue weighted by Crippen LogP contribution is -2.60. The fraction of sp³-hybridized carbons (Fsp3) is 0.444. The van der Waals surface area contributed by atoms with Crippen LogP contribution in [0.5, 0.6) is 0 Å². The maximum absolute atomic E-state index is 11.7. The van der Waals surface area contributed by atoms with Gasteiger partial charge in [0.05, 0.1) is 12.1 Å². The van der Waals surface area contributed by atoms with Crippen molar-refractivity contribution in [3.05, 3.63) is 42.0 Å². The standard InChI is InChI=1S/C18H23BN2O3/c1-17(19)15(9-22)13-7-8-14(13)18(17,10-23)21(2)12-5-3-11(4-6-12)16(20)24/h3-9,13-15,23H,10,19H2,1-2H3,(H2,20,24)/t13?,14?,15-,17?,18?/m1/s1. The molecule has 1 fully saturated rings. The normalized spacial score (nSPS) is 36.7. The Bertz CT molecular complexity index is 701. The summed E-state index contributed by atoms with van der Waals surface area (Å²) in [7, 11) is 3.99. The summed E-state index contributed by atoms with van der Waals surface area (Å²) in [5.41, 5.74) is 6.05. The molecule has 6 heteroatoms. The van der Waals surface area contributed by atoms with Crippen LogP contribution in [0.2, 0.25) is 5.31 Å². The van der Waals surface area contributed by atoms with Gasteiger partial charge in [-0.2, -0.15) is 0 Å². The molecule has 1 saturated carbocycles. The predicted molar refractivity (Wildman–Crippen MR) is 95.8 cm³/mol. The fourth-order valence-corrected chi connectivity index (χ4v) is 4.78. The molecule has 2 aliphatic carbocycles. The van der Waals surface area contributed by atoms with Gasteiger partial charge in [0.15, 0.2) is 0 Å². The Morgan fingerprint density at radius 1 is 1.38 bits per heavy atom. The molecule has 5 atom stereocenters. The molecule has 2 aliphatic rings. The number of rotatable bonds is 5. The van der Waals surface area contributed by atoms with E-state index in [0.717, 1.165) is 12.0 Å². The number of carbonyl (C=O) groups is 2. The highest BCUT2D eigenvalue weighted by atomic mass is 16.3. The highest BCUT2D eigenvalue weighted by Crippen LogP contribution is 2.65. The number of nitrogens with zero attached hydrogens (tertiary/aromatic N) is 1. The average molecular weight is 326 g/mol. The summed E-state index contributed by atoms with van der Waals surface area (Å²) in [6, 6.07) is 7.04. The molecule has 4 unspecified atom stereocenters. The SMILES string of the molecule is BC1(C)[C@H](C=O)C2C=CC2C1(CO)N(C)c1ccc(C(N)=O)cc1. The van der Waals surface area contributed by atoms with E-state index in [1.54, 1.807) is 12.1 Å². The molecule has 0 heterocycles. The maximum Gasteiger partial charge on any atom is 0.248 e. The lowest BCUT2D eigenvalue weighted by atomic mass is 9.54. The van der Waals surface area contributed by atoms with Crippen molar-refractivity contribution < 1.29 is 14.7 Å². The van der Waals surface area contributed by atoms with Crippen molar-refractivity contribution in [3.63, 3.8) is 0 Å². The van der Waals surface area contributed by atoms with Gasteiger partial charge < -0.3 is 20.5 Å². The highest BCUT2D eigenvalue weighted by molar-refractivity contribution is 6.18. The molecular formula is C18H23BN2O3. The smallest absolute Gasteiger partial charge is 0.248 e. The average Bonchev–Trinajstić information content (AvgIpc) is 2.67. The van der Waals surface area contributed by atoms with E-state index >= 15 is 0 Å². The second-order valence-corrected chi connectivity index (χ2v) is 7.42. The summed E-state index contributed by atoms with van der Waals surface area (Å²) in [6.45, 7) is 2.00. The third-order valence-corrected chi connectivity index (χ3v) is 6.40. The van der Waals surface area contributed by atoms with Crippen molar-refractivity contribution in [2.45, 2.75) is 17.8 Å². The van der Waals surface area contributed by atoms with Crippen LogP contribution in [-0.4, -0.2) is 44.3 Å². The van der Waals surface area contributed by atoms with Gasteiger partial charge >= 0.3 is 0 Å². The molecule has 1 aromatic carbocycles. The molecule has 0 bridgehead atoms. The van der Waals surface area contributed by atoms with Crippen LogP contribution in [0, 0.1) is 17.8 Å². The number of nitrogens with two attached hydrogens (primary N) is 1. The molecule has 0 aromatic heterocycles. The van der Waals surface area contributed by atoms with Gasteiger partial charge in [0, 0.05) is 30.1 Å². The minimum atomic E-state index is -0.577. The lowest BCUT2D eigenvalue weighted by Gasteiger charge is -2.52. The Hall–Kier alpha value is -2.08. The van der Waals surface area contributed by atoms with Crippen LogP contribution in [0.1, 0.15) is 17.3 Å². The van der Waals surface area contributed by atoms with Crippen molar-refractivity contribution >= 4 is 25.7 Å².